The summed E-state index contributed by atoms with van der Waals surface area (Å²) in [5.74, 6) is 0.248. The molecule has 0 unspecified atom stereocenters. The Morgan fingerprint density at radius 2 is 2.19 bits per heavy atom. The number of benzene rings is 1. The lowest BCUT2D eigenvalue weighted by Crippen LogP contribution is -2.27. The van der Waals surface area contributed by atoms with E-state index in [0.717, 1.165) is 0 Å². The molecule has 0 saturated carbocycles. The van der Waals surface area contributed by atoms with Crippen LogP contribution < -0.4 is 4.74 Å². The molecule has 8 heteroatoms. The molecule has 6 nitrogen and oxygen atoms in total. The third-order valence-corrected chi connectivity index (χ3v) is 5.43. The summed E-state index contributed by atoms with van der Waals surface area (Å²) in [7, 11) is -0.833. The molecule has 1 N–H and O–H groups in total. The third-order valence-electron chi connectivity index (χ3n) is 2.97. The minimum absolute atomic E-state index is 0.0364. The van der Waals surface area contributed by atoms with E-state index in [2.05, 4.69) is 4.98 Å². The molecule has 1 heterocycles. The molecule has 0 radical (unpaired) electrons. The number of nitrogens with zero attached hydrogens (tertiary/aromatic N) is 2. The van der Waals surface area contributed by atoms with Crippen molar-refractivity contribution in [2.24, 2.45) is 0 Å². The van der Waals surface area contributed by atoms with Gasteiger partial charge in [0.15, 0.2) is 0 Å². The molecule has 1 aromatic heterocycles. The van der Waals surface area contributed by atoms with E-state index >= 15 is 0 Å². The first-order chi connectivity index (χ1) is 9.98. The smallest absolute Gasteiger partial charge is 0.246 e. The Hall–Kier alpha value is -1.48. The summed E-state index contributed by atoms with van der Waals surface area (Å²) >= 11 is 1.41. The molecule has 0 aliphatic carbocycles. The van der Waals surface area contributed by atoms with Gasteiger partial charge in [-0.25, -0.2) is 13.4 Å². The van der Waals surface area contributed by atoms with Crippen molar-refractivity contribution >= 4 is 21.4 Å². The van der Waals surface area contributed by atoms with Crippen LogP contribution in [0.15, 0.2) is 34.0 Å². The molecule has 0 spiro atoms. The van der Waals surface area contributed by atoms with Crippen molar-refractivity contribution in [3.8, 4) is 5.75 Å². The van der Waals surface area contributed by atoms with Gasteiger partial charge in [0, 0.05) is 12.4 Å². The van der Waals surface area contributed by atoms with Crippen LogP contribution in [-0.4, -0.2) is 37.0 Å². The zero-order chi connectivity index (χ0) is 15.5. The number of aromatic nitrogens is 1. The number of aliphatic hydroxyl groups is 1. The Balaban J connectivity index is 2.38. The largest absolute Gasteiger partial charge is 0.495 e. The molecule has 0 saturated heterocycles. The Bertz CT molecular complexity index is 699. The second-order valence-electron chi connectivity index (χ2n) is 4.38. The van der Waals surface area contributed by atoms with Gasteiger partial charge in [-0.1, -0.05) is 6.07 Å². The van der Waals surface area contributed by atoms with Crippen molar-refractivity contribution in [2.45, 2.75) is 18.0 Å². The number of hydrogen-bond donors (Lipinski definition) is 1. The molecule has 0 amide bonds. The van der Waals surface area contributed by atoms with Gasteiger partial charge in [0.2, 0.25) is 10.0 Å². The molecule has 0 atom stereocenters. The minimum atomic E-state index is -3.73. The van der Waals surface area contributed by atoms with E-state index in [-0.39, 0.29) is 23.8 Å². The summed E-state index contributed by atoms with van der Waals surface area (Å²) < 4.78 is 31.6. The fourth-order valence-corrected chi connectivity index (χ4v) is 3.71. The van der Waals surface area contributed by atoms with E-state index < -0.39 is 10.0 Å². The summed E-state index contributed by atoms with van der Waals surface area (Å²) in [6.07, 6.45) is 0. The van der Waals surface area contributed by atoms with Crippen LogP contribution in [-0.2, 0) is 23.2 Å². The number of methoxy groups -OCH3 is 1. The first kappa shape index (κ1) is 15.9. The van der Waals surface area contributed by atoms with E-state index in [4.69, 9.17) is 4.74 Å². The number of ether oxygens (including phenoxy) is 1. The van der Waals surface area contributed by atoms with Crippen LogP contribution in [0.5, 0.6) is 5.75 Å². The molecular weight excluding hydrogens is 312 g/mol. The summed E-state index contributed by atoms with van der Waals surface area (Å²) in [5, 5.41) is 11.0. The van der Waals surface area contributed by atoms with Crippen molar-refractivity contribution in [1.82, 2.24) is 9.29 Å². The molecule has 0 aliphatic heterocycles. The zero-order valence-corrected chi connectivity index (χ0v) is 13.3. The summed E-state index contributed by atoms with van der Waals surface area (Å²) in [4.78, 5) is 4.12. The molecule has 0 aliphatic rings. The van der Waals surface area contributed by atoms with Gasteiger partial charge in [-0.15, -0.1) is 11.3 Å². The second-order valence-corrected chi connectivity index (χ2v) is 7.12. The molecule has 21 heavy (non-hydrogen) atoms. The summed E-state index contributed by atoms with van der Waals surface area (Å²) in [6.45, 7) is -0.0549. The molecule has 0 fully saturated rings. The lowest BCUT2D eigenvalue weighted by Gasteiger charge is -2.18. The molecule has 114 valence electrons. The first-order valence-electron chi connectivity index (χ1n) is 6.10. The maximum Gasteiger partial charge on any atom is 0.246 e. The number of hydrogen-bond acceptors (Lipinski definition) is 6. The highest BCUT2D eigenvalue weighted by atomic mass is 32.2. The van der Waals surface area contributed by atoms with E-state index in [1.54, 1.807) is 17.0 Å². The Morgan fingerprint density at radius 1 is 1.43 bits per heavy atom. The molecule has 2 rings (SSSR count). The van der Waals surface area contributed by atoms with Crippen LogP contribution in [0.2, 0.25) is 0 Å². The number of thiazole rings is 1. The normalized spacial score (nSPS) is 11.8. The lowest BCUT2D eigenvalue weighted by atomic mass is 10.2. The minimum Gasteiger partial charge on any atom is -0.495 e. The van der Waals surface area contributed by atoms with Gasteiger partial charge in [0.1, 0.15) is 10.6 Å². The monoisotopic (exact) mass is 328 g/mol. The maximum absolute atomic E-state index is 12.6. The Morgan fingerprint density at radius 3 is 2.76 bits per heavy atom. The predicted octanol–water partition coefficient (Wildman–Crippen LogP) is 1.46. The standard InChI is InChI=1S/C13H16N2O4S2/c1-15(6-11-8-20-9-14-11)21(17,18)13-5-10(7-16)3-4-12(13)19-2/h3-5,8-9,16H,6-7H2,1-2H3. The van der Waals surface area contributed by atoms with Gasteiger partial charge in [0.25, 0.3) is 0 Å². The van der Waals surface area contributed by atoms with Gasteiger partial charge >= 0.3 is 0 Å². The van der Waals surface area contributed by atoms with Crippen molar-refractivity contribution in [3.63, 3.8) is 0 Å². The number of sulfonamides is 1. The van der Waals surface area contributed by atoms with Gasteiger partial charge in [0.05, 0.1) is 31.5 Å². The van der Waals surface area contributed by atoms with E-state index in [1.165, 1.54) is 41.9 Å². The quantitative estimate of drug-likeness (QED) is 0.868. The lowest BCUT2D eigenvalue weighted by molar-refractivity contribution is 0.281. The fourth-order valence-electron chi connectivity index (χ4n) is 1.82. The summed E-state index contributed by atoms with van der Waals surface area (Å²) in [6, 6.07) is 4.58. The Kier molecular flexibility index (Phi) is 4.94. The highest BCUT2D eigenvalue weighted by Gasteiger charge is 2.25. The SMILES string of the molecule is COc1ccc(CO)cc1S(=O)(=O)N(C)Cc1cscn1. The van der Waals surface area contributed by atoms with Crippen molar-refractivity contribution in [2.75, 3.05) is 14.2 Å². The highest BCUT2D eigenvalue weighted by Crippen LogP contribution is 2.28. The van der Waals surface area contributed by atoms with Gasteiger partial charge in [-0.3, -0.25) is 0 Å². The van der Waals surface area contributed by atoms with Crippen molar-refractivity contribution < 1.29 is 18.3 Å². The Labute approximate surface area is 127 Å². The first-order valence-corrected chi connectivity index (χ1v) is 8.48. The van der Waals surface area contributed by atoms with Crippen molar-refractivity contribution in [1.29, 1.82) is 0 Å². The van der Waals surface area contributed by atoms with E-state index in [9.17, 15) is 13.5 Å². The third kappa shape index (κ3) is 3.41. The molecule has 2 aromatic rings. The number of rotatable bonds is 6. The molecular formula is C13H16N2O4S2. The van der Waals surface area contributed by atoms with Crippen LogP contribution in [0.25, 0.3) is 0 Å². The summed E-state index contributed by atoms with van der Waals surface area (Å²) in [5.41, 5.74) is 2.85. The van der Waals surface area contributed by atoms with Crippen LogP contribution in [0.3, 0.4) is 0 Å². The van der Waals surface area contributed by atoms with Crippen LogP contribution in [0, 0.1) is 0 Å². The van der Waals surface area contributed by atoms with Crippen molar-refractivity contribution in [3.05, 3.63) is 40.3 Å². The van der Waals surface area contributed by atoms with Gasteiger partial charge in [-0.2, -0.15) is 4.31 Å². The average molecular weight is 328 g/mol. The fraction of sp³-hybridized carbons (Fsp3) is 0.308. The average Bonchev–Trinajstić information content (AvgIpc) is 2.99. The van der Waals surface area contributed by atoms with Crippen LogP contribution >= 0.6 is 11.3 Å². The van der Waals surface area contributed by atoms with E-state index in [1.807, 2.05) is 0 Å². The van der Waals surface area contributed by atoms with Crippen LogP contribution in [0.4, 0.5) is 0 Å². The molecule has 1 aromatic carbocycles. The highest BCUT2D eigenvalue weighted by molar-refractivity contribution is 7.89. The second kappa shape index (κ2) is 6.52. The molecule has 0 bridgehead atoms. The van der Waals surface area contributed by atoms with Gasteiger partial charge in [-0.05, 0) is 17.7 Å². The van der Waals surface area contributed by atoms with Crippen LogP contribution in [0.1, 0.15) is 11.3 Å². The predicted molar refractivity (Wildman–Crippen MR) is 79.7 cm³/mol. The number of aliphatic hydroxyl groups excluding tert-OH is 1. The maximum atomic E-state index is 12.6. The zero-order valence-electron chi connectivity index (χ0n) is 11.7. The van der Waals surface area contributed by atoms with Gasteiger partial charge < -0.3 is 9.84 Å². The van der Waals surface area contributed by atoms with E-state index in [0.29, 0.717) is 11.3 Å². The topological polar surface area (TPSA) is 79.7 Å².